The molecular formula is C9H19N3O. The highest BCUT2D eigenvalue weighted by Crippen LogP contribution is 2.32. The predicted molar refractivity (Wildman–Crippen MR) is 52.7 cm³/mol. The van der Waals surface area contributed by atoms with Crippen molar-refractivity contribution >= 4 is 6.03 Å². The molecule has 2 N–H and O–H groups in total. The van der Waals surface area contributed by atoms with Gasteiger partial charge in [-0.3, -0.25) is 0 Å². The van der Waals surface area contributed by atoms with E-state index in [0.29, 0.717) is 0 Å². The van der Waals surface area contributed by atoms with Crippen molar-refractivity contribution in [3.8, 4) is 0 Å². The van der Waals surface area contributed by atoms with E-state index in [9.17, 15) is 4.79 Å². The lowest BCUT2D eigenvalue weighted by atomic mass is 9.76. The highest BCUT2D eigenvalue weighted by atomic mass is 16.2. The molecule has 0 saturated heterocycles. The minimum absolute atomic E-state index is 0.0313. The van der Waals surface area contributed by atoms with Gasteiger partial charge in [0.25, 0.3) is 0 Å². The molecule has 0 aromatic carbocycles. The average Bonchev–Trinajstić information content (AvgIpc) is 1.99. The van der Waals surface area contributed by atoms with E-state index >= 15 is 0 Å². The first-order chi connectivity index (χ1) is 6.08. The number of likely N-dealkylation sites (N-methyl/N-ethyl adjacent to an activating group) is 1. The summed E-state index contributed by atoms with van der Waals surface area (Å²) in [5.41, 5.74) is 0.0313. The maximum Gasteiger partial charge on any atom is 0.315 e. The van der Waals surface area contributed by atoms with E-state index in [1.165, 1.54) is 6.42 Å². The number of nitrogens with one attached hydrogen (secondary N) is 2. The molecule has 0 aromatic heterocycles. The number of urea groups is 1. The van der Waals surface area contributed by atoms with Gasteiger partial charge in [0.15, 0.2) is 0 Å². The number of amides is 2. The second kappa shape index (κ2) is 3.96. The SMILES string of the molecule is CNC(=O)NC1(CN(C)C)CCC1. The first-order valence-corrected chi connectivity index (χ1v) is 4.73. The molecule has 4 heteroatoms. The summed E-state index contributed by atoms with van der Waals surface area (Å²) in [6, 6.07) is -0.0680. The fourth-order valence-electron chi connectivity index (χ4n) is 1.83. The molecule has 1 aliphatic carbocycles. The van der Waals surface area contributed by atoms with Crippen LogP contribution in [0.3, 0.4) is 0 Å². The summed E-state index contributed by atoms with van der Waals surface area (Å²) in [7, 11) is 5.72. The molecule has 1 aliphatic rings. The fourth-order valence-corrected chi connectivity index (χ4v) is 1.83. The summed E-state index contributed by atoms with van der Waals surface area (Å²) < 4.78 is 0. The van der Waals surface area contributed by atoms with Gasteiger partial charge in [0.2, 0.25) is 0 Å². The summed E-state index contributed by atoms with van der Waals surface area (Å²) in [5.74, 6) is 0. The molecule has 1 saturated carbocycles. The Kier molecular flexibility index (Phi) is 3.14. The van der Waals surface area contributed by atoms with Gasteiger partial charge >= 0.3 is 6.03 Å². The van der Waals surface area contributed by atoms with Gasteiger partial charge in [-0.2, -0.15) is 0 Å². The van der Waals surface area contributed by atoms with Crippen LogP contribution in [0.4, 0.5) is 4.79 Å². The molecule has 0 aliphatic heterocycles. The zero-order valence-electron chi connectivity index (χ0n) is 8.68. The molecule has 1 fully saturated rings. The molecule has 0 atom stereocenters. The van der Waals surface area contributed by atoms with Crippen LogP contribution in [0.25, 0.3) is 0 Å². The van der Waals surface area contributed by atoms with Crippen LogP contribution in [0.15, 0.2) is 0 Å². The molecule has 13 heavy (non-hydrogen) atoms. The Bertz CT molecular complexity index is 187. The molecule has 4 nitrogen and oxygen atoms in total. The van der Waals surface area contributed by atoms with Crippen LogP contribution in [0.5, 0.6) is 0 Å². The van der Waals surface area contributed by atoms with E-state index in [0.717, 1.165) is 19.4 Å². The van der Waals surface area contributed by atoms with Crippen LogP contribution >= 0.6 is 0 Å². The third-order valence-corrected chi connectivity index (χ3v) is 2.54. The molecule has 0 unspecified atom stereocenters. The molecule has 0 aromatic rings. The standard InChI is InChI=1S/C9H19N3O/c1-10-8(13)11-9(5-4-6-9)7-12(2)3/h4-7H2,1-3H3,(H2,10,11,13). The van der Waals surface area contributed by atoms with Crippen LogP contribution in [0, 0.1) is 0 Å². The van der Waals surface area contributed by atoms with E-state index in [1.807, 2.05) is 14.1 Å². The topological polar surface area (TPSA) is 44.4 Å². The van der Waals surface area contributed by atoms with Gasteiger partial charge in [-0.1, -0.05) is 0 Å². The van der Waals surface area contributed by atoms with E-state index in [4.69, 9.17) is 0 Å². The van der Waals surface area contributed by atoms with Crippen molar-refractivity contribution in [3.63, 3.8) is 0 Å². The fraction of sp³-hybridized carbons (Fsp3) is 0.889. The van der Waals surface area contributed by atoms with Crippen LogP contribution < -0.4 is 10.6 Å². The number of hydrogen-bond donors (Lipinski definition) is 2. The Balaban J connectivity index is 2.44. The summed E-state index contributed by atoms with van der Waals surface area (Å²) in [6.07, 6.45) is 3.41. The van der Waals surface area contributed by atoms with Crippen molar-refractivity contribution in [2.24, 2.45) is 0 Å². The molecule has 0 radical (unpaired) electrons. The number of carbonyl (C=O) groups excluding carboxylic acids is 1. The van der Waals surface area contributed by atoms with E-state index in [2.05, 4.69) is 15.5 Å². The lowest BCUT2D eigenvalue weighted by Crippen LogP contribution is -2.60. The highest BCUT2D eigenvalue weighted by molar-refractivity contribution is 5.74. The summed E-state index contributed by atoms with van der Waals surface area (Å²) in [6.45, 7) is 0.931. The molecule has 2 amide bonds. The third-order valence-electron chi connectivity index (χ3n) is 2.54. The molecule has 0 spiro atoms. The monoisotopic (exact) mass is 185 g/mol. The first kappa shape index (κ1) is 10.3. The Morgan fingerprint density at radius 3 is 2.38 bits per heavy atom. The van der Waals surface area contributed by atoms with E-state index in [-0.39, 0.29) is 11.6 Å². The first-order valence-electron chi connectivity index (χ1n) is 4.73. The van der Waals surface area contributed by atoms with Gasteiger partial charge in [0.1, 0.15) is 0 Å². The zero-order chi connectivity index (χ0) is 9.90. The van der Waals surface area contributed by atoms with Gasteiger partial charge < -0.3 is 15.5 Å². The van der Waals surface area contributed by atoms with Crippen molar-refractivity contribution in [3.05, 3.63) is 0 Å². The zero-order valence-corrected chi connectivity index (χ0v) is 8.68. The lowest BCUT2D eigenvalue weighted by molar-refractivity contribution is 0.140. The van der Waals surface area contributed by atoms with E-state index in [1.54, 1.807) is 7.05 Å². The minimum atomic E-state index is -0.0680. The van der Waals surface area contributed by atoms with Gasteiger partial charge in [-0.15, -0.1) is 0 Å². The Morgan fingerprint density at radius 1 is 1.46 bits per heavy atom. The van der Waals surface area contributed by atoms with Gasteiger partial charge in [-0.25, -0.2) is 4.79 Å². The van der Waals surface area contributed by atoms with Gasteiger partial charge in [0.05, 0.1) is 5.54 Å². The maximum absolute atomic E-state index is 11.2. The van der Waals surface area contributed by atoms with E-state index < -0.39 is 0 Å². The molecular weight excluding hydrogens is 166 g/mol. The predicted octanol–water partition coefficient (Wildman–Crippen LogP) is 0.400. The van der Waals surface area contributed by atoms with Gasteiger partial charge in [-0.05, 0) is 33.4 Å². The largest absolute Gasteiger partial charge is 0.341 e. The lowest BCUT2D eigenvalue weighted by Gasteiger charge is -2.44. The molecule has 76 valence electrons. The Hall–Kier alpha value is -0.770. The normalized spacial score (nSPS) is 19.4. The number of carbonyl (C=O) groups is 1. The minimum Gasteiger partial charge on any atom is -0.341 e. The van der Waals surface area contributed by atoms with Crippen LogP contribution in [0.1, 0.15) is 19.3 Å². The summed E-state index contributed by atoms with van der Waals surface area (Å²) >= 11 is 0. The summed E-state index contributed by atoms with van der Waals surface area (Å²) in [5, 5.41) is 5.61. The van der Waals surface area contributed by atoms with Crippen LogP contribution in [-0.4, -0.2) is 44.2 Å². The van der Waals surface area contributed by atoms with Crippen molar-refractivity contribution in [1.29, 1.82) is 0 Å². The van der Waals surface area contributed by atoms with Crippen molar-refractivity contribution in [1.82, 2.24) is 15.5 Å². The average molecular weight is 185 g/mol. The number of hydrogen-bond acceptors (Lipinski definition) is 2. The van der Waals surface area contributed by atoms with Crippen LogP contribution in [0.2, 0.25) is 0 Å². The second-order valence-corrected chi connectivity index (χ2v) is 4.08. The molecule has 0 bridgehead atoms. The highest BCUT2D eigenvalue weighted by Gasteiger charge is 2.38. The molecule has 1 rings (SSSR count). The maximum atomic E-state index is 11.2. The van der Waals surface area contributed by atoms with Crippen LogP contribution in [-0.2, 0) is 0 Å². The molecule has 0 heterocycles. The van der Waals surface area contributed by atoms with Crippen molar-refractivity contribution < 1.29 is 4.79 Å². The van der Waals surface area contributed by atoms with Gasteiger partial charge in [0, 0.05) is 13.6 Å². The third kappa shape index (κ3) is 2.59. The summed E-state index contributed by atoms with van der Waals surface area (Å²) in [4.78, 5) is 13.3. The smallest absolute Gasteiger partial charge is 0.315 e. The Morgan fingerprint density at radius 2 is 2.08 bits per heavy atom. The number of rotatable bonds is 3. The number of nitrogens with zero attached hydrogens (tertiary/aromatic N) is 1. The van der Waals surface area contributed by atoms with Crippen molar-refractivity contribution in [2.45, 2.75) is 24.8 Å². The second-order valence-electron chi connectivity index (χ2n) is 4.08. The van der Waals surface area contributed by atoms with Crippen molar-refractivity contribution in [2.75, 3.05) is 27.7 Å². The quantitative estimate of drug-likeness (QED) is 0.668. The Labute approximate surface area is 79.7 Å².